The van der Waals surface area contributed by atoms with Crippen LogP contribution in [-0.2, 0) is 57.0 Å². The molecule has 65 heavy (non-hydrogen) atoms. The maximum atomic E-state index is 13.8. The lowest BCUT2D eigenvalue weighted by Gasteiger charge is -2.50. The highest BCUT2D eigenvalue weighted by atomic mass is 16.7. The van der Waals surface area contributed by atoms with E-state index in [2.05, 4.69) is 39.2 Å². The number of methoxy groups -OCH3 is 1. The number of aliphatic hydroxyl groups excluding tert-OH is 2. The van der Waals surface area contributed by atoms with Gasteiger partial charge in [0.15, 0.2) is 5.79 Å². The Kier molecular flexibility index (Phi) is 18.1. The molecule has 370 valence electrons. The molecule has 7 aliphatic rings. The van der Waals surface area contributed by atoms with Crippen LogP contribution in [0.5, 0.6) is 0 Å². The van der Waals surface area contributed by atoms with Crippen molar-refractivity contribution >= 4 is 11.7 Å². The molecule has 16 nitrogen and oxygen atoms in total. The molecule has 19 atom stereocenters. The highest BCUT2D eigenvalue weighted by Crippen LogP contribution is 2.50. The molecule has 7 saturated heterocycles. The van der Waals surface area contributed by atoms with Gasteiger partial charge in [0.1, 0.15) is 18.0 Å². The minimum Gasteiger partial charge on any atom is -0.391 e. The molecule has 0 saturated carbocycles. The summed E-state index contributed by atoms with van der Waals surface area (Å²) in [7, 11) is 1.60. The predicted octanol–water partition coefficient (Wildman–Crippen LogP) is 3.84. The number of fused-ring (bicyclic) bond motifs is 7. The van der Waals surface area contributed by atoms with Crippen LogP contribution in [0.15, 0.2) is 24.3 Å². The minimum absolute atomic E-state index is 0.0151. The monoisotopic (exact) mass is 921 g/mol. The van der Waals surface area contributed by atoms with E-state index in [9.17, 15) is 19.8 Å². The number of carbonyl (C=O) groups excluding carboxylic acids is 2. The van der Waals surface area contributed by atoms with E-state index in [-0.39, 0.29) is 123 Å². The van der Waals surface area contributed by atoms with Crippen LogP contribution in [0.2, 0.25) is 0 Å². The number of nitrogens with two attached hydrogens (primary N) is 1. The fourth-order valence-electron chi connectivity index (χ4n) is 11.6. The first-order valence-corrected chi connectivity index (χ1v) is 24.7. The van der Waals surface area contributed by atoms with Gasteiger partial charge in [-0.2, -0.15) is 0 Å². The number of nitrogens with one attached hydrogen (secondary N) is 1. The zero-order chi connectivity index (χ0) is 46.4. The Bertz CT molecular complexity index is 1590. The second kappa shape index (κ2) is 23.1. The van der Waals surface area contributed by atoms with Gasteiger partial charge in [0, 0.05) is 70.6 Å². The number of Topliss-reactive ketones (excluding diaryl/α,β-unsaturated/α-hetero) is 1. The van der Waals surface area contributed by atoms with Crippen LogP contribution in [0, 0.1) is 17.8 Å². The van der Waals surface area contributed by atoms with Gasteiger partial charge in [-0.15, -0.1) is 0 Å². The number of ketones is 1. The first-order valence-electron chi connectivity index (χ1n) is 24.7. The summed E-state index contributed by atoms with van der Waals surface area (Å²) in [6, 6.07) is 0. The van der Waals surface area contributed by atoms with Crippen molar-refractivity contribution in [2.24, 2.45) is 23.5 Å². The third-order valence-corrected chi connectivity index (χ3v) is 15.3. The molecular formula is C49H80N2O14. The zero-order valence-electron chi connectivity index (χ0n) is 39.6. The quantitative estimate of drug-likeness (QED) is 0.0850. The Hall–Kier alpha value is -1.90. The minimum atomic E-state index is -1.01. The van der Waals surface area contributed by atoms with E-state index in [0.29, 0.717) is 64.4 Å². The van der Waals surface area contributed by atoms with Gasteiger partial charge < -0.3 is 68.6 Å². The van der Waals surface area contributed by atoms with E-state index in [1.54, 1.807) is 7.11 Å². The molecule has 0 aliphatic carbocycles. The molecule has 0 spiro atoms. The molecule has 0 aromatic carbocycles. The molecule has 4 bridgehead atoms. The van der Waals surface area contributed by atoms with E-state index < -0.39 is 36.3 Å². The summed E-state index contributed by atoms with van der Waals surface area (Å²) in [5.41, 5.74) is 7.68. The van der Waals surface area contributed by atoms with Gasteiger partial charge in [0.25, 0.3) is 0 Å². The Balaban J connectivity index is 0.871. The van der Waals surface area contributed by atoms with Gasteiger partial charge in [-0.25, -0.2) is 0 Å². The summed E-state index contributed by atoms with van der Waals surface area (Å²) in [6.45, 7) is 18.9. The van der Waals surface area contributed by atoms with Crippen LogP contribution in [0.4, 0.5) is 0 Å². The highest BCUT2D eigenvalue weighted by molar-refractivity contribution is 5.79. The molecular weight excluding hydrogens is 841 g/mol. The Morgan fingerprint density at radius 3 is 2.40 bits per heavy atom. The summed E-state index contributed by atoms with van der Waals surface area (Å²) < 4.78 is 62.9. The van der Waals surface area contributed by atoms with E-state index in [0.717, 1.165) is 31.3 Å². The van der Waals surface area contributed by atoms with Crippen molar-refractivity contribution in [3.63, 3.8) is 0 Å². The van der Waals surface area contributed by atoms with Crippen molar-refractivity contribution in [1.82, 2.24) is 5.32 Å². The number of hydrogen-bond donors (Lipinski definition) is 4. The molecule has 0 radical (unpaired) electrons. The SMILES string of the molecule is C=C1C[C@H](CC[C@]23C[C@@H](O)[C@H](O2)C2O[C@H]4CC[C@H](CC(=O)C[C@@H]5[C@@H](OC)[C@@H](C[C@H](O)CNC(=O)CCOCCOCCN)O[C@H]5C)O[C@@H]4[C@H](O3)C2C)O[C@H]1CC[C@H]1C[C@@H](C)C(=C)[C@@H](C)O1. The molecule has 5 N–H and O–H groups in total. The summed E-state index contributed by atoms with van der Waals surface area (Å²) in [5.74, 6) is -1.04. The van der Waals surface area contributed by atoms with E-state index >= 15 is 0 Å². The van der Waals surface area contributed by atoms with E-state index in [1.807, 2.05) is 6.92 Å². The van der Waals surface area contributed by atoms with Crippen molar-refractivity contribution in [2.75, 3.05) is 46.6 Å². The van der Waals surface area contributed by atoms with Gasteiger partial charge in [0.2, 0.25) is 5.91 Å². The lowest BCUT2D eigenvalue weighted by molar-refractivity contribution is -0.290. The first-order chi connectivity index (χ1) is 31.2. The predicted molar refractivity (Wildman–Crippen MR) is 239 cm³/mol. The van der Waals surface area contributed by atoms with Gasteiger partial charge in [0.05, 0.1) is 106 Å². The first kappa shape index (κ1) is 51.0. The molecule has 7 aliphatic heterocycles. The van der Waals surface area contributed by atoms with Crippen molar-refractivity contribution in [3.8, 4) is 0 Å². The normalized spacial score (nSPS) is 41.9. The summed E-state index contributed by atoms with van der Waals surface area (Å²) in [5, 5.41) is 24.9. The maximum Gasteiger partial charge on any atom is 0.222 e. The smallest absolute Gasteiger partial charge is 0.222 e. The van der Waals surface area contributed by atoms with Crippen molar-refractivity contribution < 1.29 is 67.2 Å². The molecule has 16 heteroatoms. The Labute approximate surface area is 386 Å². The molecule has 2 unspecified atom stereocenters. The van der Waals surface area contributed by atoms with Gasteiger partial charge in [-0.3, -0.25) is 9.59 Å². The molecule has 7 rings (SSSR count). The molecule has 0 aromatic heterocycles. The standard InChI is InChI=1S/C49H80N2O14/c1-27-20-35(59-31(5)29(27)3)8-10-40-28(2)21-37(61-40)12-14-49-25-39(54)47(65-49)44-30(4)45(64-49)48-41(63-44)11-9-36(62-48)22-33(52)23-38-32(6)60-42(46(38)56-7)24-34(53)26-51-43(55)13-16-57-18-19-58-17-15-50/h27,30-32,34-42,44-48,53-54H,2-3,8-26,50H2,1,4-7H3,(H,51,55)/t27-,30?,31-,32+,34+,35+,36-,37+,38+,39-,40+,41+,42-,44?,45-,46-,47+,48+,49-/m1/s1. The molecule has 0 aromatic rings. The molecule has 1 amide bonds. The second-order valence-electron chi connectivity index (χ2n) is 20.1. The lowest BCUT2D eigenvalue weighted by Crippen LogP contribution is -2.62. The van der Waals surface area contributed by atoms with Crippen molar-refractivity contribution in [3.05, 3.63) is 24.3 Å². The number of amides is 1. The average molecular weight is 921 g/mol. The van der Waals surface area contributed by atoms with Crippen LogP contribution < -0.4 is 11.1 Å². The summed E-state index contributed by atoms with van der Waals surface area (Å²) in [6.07, 6.45) is 2.84. The Morgan fingerprint density at radius 1 is 0.877 bits per heavy atom. The Morgan fingerprint density at radius 2 is 1.65 bits per heavy atom. The number of aliphatic hydroxyl groups is 2. The molecule has 7 fully saturated rings. The van der Waals surface area contributed by atoms with Crippen molar-refractivity contribution in [2.45, 2.75) is 209 Å². The van der Waals surface area contributed by atoms with Crippen LogP contribution >= 0.6 is 0 Å². The van der Waals surface area contributed by atoms with Crippen LogP contribution in [0.25, 0.3) is 0 Å². The van der Waals surface area contributed by atoms with E-state index in [4.69, 9.17) is 53.1 Å². The van der Waals surface area contributed by atoms with Crippen molar-refractivity contribution in [1.29, 1.82) is 0 Å². The number of hydrogen-bond acceptors (Lipinski definition) is 15. The fraction of sp³-hybridized carbons (Fsp3) is 0.878. The van der Waals surface area contributed by atoms with E-state index in [1.165, 1.54) is 5.57 Å². The van der Waals surface area contributed by atoms with Gasteiger partial charge >= 0.3 is 0 Å². The third kappa shape index (κ3) is 12.7. The van der Waals surface area contributed by atoms with Crippen LogP contribution in [-0.4, -0.2) is 166 Å². The number of carbonyl (C=O) groups is 2. The van der Waals surface area contributed by atoms with Crippen LogP contribution in [0.3, 0.4) is 0 Å². The maximum absolute atomic E-state index is 13.8. The number of rotatable bonds is 23. The fourth-order valence-corrected chi connectivity index (χ4v) is 11.6. The topological polar surface area (TPSA) is 205 Å². The van der Waals surface area contributed by atoms with Gasteiger partial charge in [-0.05, 0) is 75.9 Å². The largest absolute Gasteiger partial charge is 0.391 e. The highest BCUT2D eigenvalue weighted by Gasteiger charge is 2.62. The lowest BCUT2D eigenvalue weighted by atomic mass is 9.80. The number of ether oxygens (including phenoxy) is 10. The average Bonchev–Trinajstić information content (AvgIpc) is 3.89. The summed E-state index contributed by atoms with van der Waals surface area (Å²) >= 11 is 0. The zero-order valence-corrected chi connectivity index (χ0v) is 39.6. The summed E-state index contributed by atoms with van der Waals surface area (Å²) in [4.78, 5) is 26.1. The van der Waals surface area contributed by atoms with Crippen LogP contribution in [0.1, 0.15) is 111 Å². The molecule has 7 heterocycles. The third-order valence-electron chi connectivity index (χ3n) is 15.3. The van der Waals surface area contributed by atoms with Gasteiger partial charge in [-0.1, -0.05) is 27.0 Å². The second-order valence-corrected chi connectivity index (χ2v) is 20.1.